The van der Waals surface area contributed by atoms with Gasteiger partial charge in [0.2, 0.25) is 5.91 Å². The summed E-state index contributed by atoms with van der Waals surface area (Å²) in [6, 6.07) is 5.64. The van der Waals surface area contributed by atoms with Crippen LogP contribution in [0.3, 0.4) is 0 Å². The molecule has 0 aromatic heterocycles. The minimum absolute atomic E-state index is 0. The van der Waals surface area contributed by atoms with E-state index in [1.807, 2.05) is 25.1 Å². The number of rotatable bonds is 5. The molecule has 1 saturated carbocycles. The van der Waals surface area contributed by atoms with Crippen molar-refractivity contribution in [2.45, 2.75) is 38.6 Å². The molecule has 0 spiro atoms. The second-order valence-corrected chi connectivity index (χ2v) is 6.69. The van der Waals surface area contributed by atoms with Crippen LogP contribution in [0, 0.1) is 12.8 Å². The van der Waals surface area contributed by atoms with Gasteiger partial charge in [0.05, 0.1) is 5.69 Å². The van der Waals surface area contributed by atoms with Gasteiger partial charge in [0.15, 0.2) is 6.61 Å². The van der Waals surface area contributed by atoms with E-state index in [-0.39, 0.29) is 42.8 Å². The Morgan fingerprint density at radius 2 is 2.04 bits per heavy atom. The molecule has 0 bridgehead atoms. The Morgan fingerprint density at radius 3 is 2.68 bits per heavy atom. The van der Waals surface area contributed by atoms with E-state index >= 15 is 0 Å². The van der Waals surface area contributed by atoms with E-state index in [0.29, 0.717) is 17.9 Å². The van der Waals surface area contributed by atoms with Crippen LogP contribution in [0.5, 0.6) is 5.75 Å². The molecule has 6 nitrogen and oxygen atoms in total. The Kier molecular flexibility index (Phi) is 8.19. The normalized spacial score (nSPS) is 19.5. The summed E-state index contributed by atoms with van der Waals surface area (Å²) in [5.41, 5.74) is 7.56. The Bertz CT molecular complexity index is 607. The van der Waals surface area contributed by atoms with Crippen LogP contribution in [0.2, 0.25) is 0 Å². The summed E-state index contributed by atoms with van der Waals surface area (Å²) in [6.45, 7) is 1.88. The lowest BCUT2D eigenvalue weighted by Gasteiger charge is -2.26. The highest BCUT2D eigenvalue weighted by atomic mass is 35.5. The molecule has 0 heterocycles. The summed E-state index contributed by atoms with van der Waals surface area (Å²) in [7, 11) is 3.36. The molecule has 2 unspecified atom stereocenters. The van der Waals surface area contributed by atoms with Gasteiger partial charge in [-0.1, -0.05) is 12.5 Å². The molecule has 0 radical (unpaired) electrons. The van der Waals surface area contributed by atoms with E-state index in [9.17, 15) is 9.59 Å². The maximum absolute atomic E-state index is 12.5. The highest BCUT2D eigenvalue weighted by Gasteiger charge is 2.26. The second kappa shape index (κ2) is 9.63. The average molecular weight is 370 g/mol. The summed E-state index contributed by atoms with van der Waals surface area (Å²) in [6.07, 6.45) is 3.54. The summed E-state index contributed by atoms with van der Waals surface area (Å²) in [5.74, 6) is 0.287. The first-order chi connectivity index (χ1) is 11.4. The summed E-state index contributed by atoms with van der Waals surface area (Å²) >= 11 is 0. The van der Waals surface area contributed by atoms with Gasteiger partial charge < -0.3 is 20.7 Å². The zero-order valence-electron chi connectivity index (χ0n) is 15.1. The summed E-state index contributed by atoms with van der Waals surface area (Å²) < 4.78 is 5.62. The number of carbonyl (C=O) groups is 2. The number of nitrogens with zero attached hydrogens (tertiary/aromatic N) is 1. The molecule has 1 aliphatic carbocycles. The third-order valence-corrected chi connectivity index (χ3v) is 4.33. The summed E-state index contributed by atoms with van der Waals surface area (Å²) in [5, 5.41) is 2.94. The molecular weight excluding hydrogens is 342 g/mol. The number of benzene rings is 1. The van der Waals surface area contributed by atoms with E-state index in [4.69, 9.17) is 10.5 Å². The van der Waals surface area contributed by atoms with Gasteiger partial charge in [-0.15, -0.1) is 12.4 Å². The monoisotopic (exact) mass is 369 g/mol. The van der Waals surface area contributed by atoms with Crippen molar-refractivity contribution in [3.63, 3.8) is 0 Å². The standard InChI is InChI=1S/C18H27N3O3.ClH/c1-12-7-8-15(16(9-12)24-11-17(22)21(2)3)20-18(23)13-5-4-6-14(19)10-13;/h7-9,13-14H,4-6,10-11,19H2,1-3H3,(H,20,23);1H. The molecule has 25 heavy (non-hydrogen) atoms. The number of hydrogen-bond donors (Lipinski definition) is 2. The first-order valence-corrected chi connectivity index (χ1v) is 8.37. The van der Waals surface area contributed by atoms with Crippen molar-refractivity contribution in [3.05, 3.63) is 23.8 Å². The first kappa shape index (κ1) is 21.3. The van der Waals surface area contributed by atoms with Crippen LogP contribution < -0.4 is 15.8 Å². The van der Waals surface area contributed by atoms with Crippen LogP contribution in [0.4, 0.5) is 5.69 Å². The number of carbonyl (C=O) groups excluding carboxylic acids is 2. The number of hydrogen-bond acceptors (Lipinski definition) is 4. The number of ether oxygens (including phenoxy) is 1. The van der Waals surface area contributed by atoms with Crippen LogP contribution in [-0.2, 0) is 9.59 Å². The van der Waals surface area contributed by atoms with Crippen LogP contribution in [0.25, 0.3) is 0 Å². The number of anilines is 1. The lowest BCUT2D eigenvalue weighted by atomic mass is 9.85. The summed E-state index contributed by atoms with van der Waals surface area (Å²) in [4.78, 5) is 25.7. The molecule has 1 aromatic carbocycles. The van der Waals surface area contributed by atoms with Gasteiger partial charge in [0, 0.05) is 26.1 Å². The predicted molar refractivity (Wildman–Crippen MR) is 101 cm³/mol. The SMILES string of the molecule is Cc1ccc(NC(=O)C2CCCC(N)C2)c(OCC(=O)N(C)C)c1.Cl. The molecule has 7 heteroatoms. The zero-order chi connectivity index (χ0) is 17.7. The largest absolute Gasteiger partial charge is 0.482 e. The van der Waals surface area contributed by atoms with Gasteiger partial charge in [-0.05, 0) is 43.9 Å². The lowest BCUT2D eigenvalue weighted by molar-refractivity contribution is -0.130. The van der Waals surface area contributed by atoms with Crippen molar-refractivity contribution in [2.24, 2.45) is 11.7 Å². The van der Waals surface area contributed by atoms with E-state index < -0.39 is 0 Å². The molecule has 2 atom stereocenters. The second-order valence-electron chi connectivity index (χ2n) is 6.69. The van der Waals surface area contributed by atoms with Crippen molar-refractivity contribution in [3.8, 4) is 5.75 Å². The van der Waals surface area contributed by atoms with E-state index in [1.165, 1.54) is 4.90 Å². The van der Waals surface area contributed by atoms with Gasteiger partial charge in [0.1, 0.15) is 5.75 Å². The number of nitrogens with two attached hydrogens (primary N) is 1. The Balaban J connectivity index is 0.00000312. The van der Waals surface area contributed by atoms with E-state index in [1.54, 1.807) is 14.1 Å². The first-order valence-electron chi connectivity index (χ1n) is 8.37. The molecule has 0 saturated heterocycles. The molecule has 1 fully saturated rings. The van der Waals surface area contributed by atoms with Crippen molar-refractivity contribution in [2.75, 3.05) is 26.0 Å². The number of aryl methyl sites for hydroxylation is 1. The molecule has 140 valence electrons. The molecule has 1 aromatic rings. The van der Waals surface area contributed by atoms with Crippen molar-refractivity contribution in [1.82, 2.24) is 4.90 Å². The Hall–Kier alpha value is -1.79. The Morgan fingerprint density at radius 1 is 1.32 bits per heavy atom. The number of halogens is 1. The Labute approximate surface area is 155 Å². The fourth-order valence-corrected chi connectivity index (χ4v) is 2.82. The fourth-order valence-electron chi connectivity index (χ4n) is 2.82. The molecule has 2 rings (SSSR count). The maximum atomic E-state index is 12.5. The van der Waals surface area contributed by atoms with Crippen molar-refractivity contribution >= 4 is 29.9 Å². The third-order valence-electron chi connectivity index (χ3n) is 4.33. The fraction of sp³-hybridized carbons (Fsp3) is 0.556. The maximum Gasteiger partial charge on any atom is 0.259 e. The van der Waals surface area contributed by atoms with Crippen molar-refractivity contribution < 1.29 is 14.3 Å². The topological polar surface area (TPSA) is 84.7 Å². The molecular formula is C18H28ClN3O3. The minimum atomic E-state index is -0.132. The zero-order valence-corrected chi connectivity index (χ0v) is 15.9. The van der Waals surface area contributed by atoms with Crippen LogP contribution in [0.1, 0.15) is 31.2 Å². The lowest BCUT2D eigenvalue weighted by Crippen LogP contribution is -2.34. The van der Waals surface area contributed by atoms with Crippen molar-refractivity contribution in [1.29, 1.82) is 0 Å². The number of amides is 2. The quantitative estimate of drug-likeness (QED) is 0.834. The van der Waals surface area contributed by atoms with Gasteiger partial charge >= 0.3 is 0 Å². The van der Waals surface area contributed by atoms with Gasteiger partial charge in [-0.2, -0.15) is 0 Å². The predicted octanol–water partition coefficient (Wildman–Crippen LogP) is 2.34. The van der Waals surface area contributed by atoms with Crippen LogP contribution >= 0.6 is 12.4 Å². The van der Waals surface area contributed by atoms with Crippen LogP contribution in [0.15, 0.2) is 18.2 Å². The smallest absolute Gasteiger partial charge is 0.259 e. The van der Waals surface area contributed by atoms with Gasteiger partial charge in [-0.25, -0.2) is 0 Å². The molecule has 3 N–H and O–H groups in total. The minimum Gasteiger partial charge on any atom is -0.482 e. The number of likely N-dealkylation sites (N-methyl/N-ethyl adjacent to an activating group) is 1. The van der Waals surface area contributed by atoms with Gasteiger partial charge in [-0.3, -0.25) is 9.59 Å². The molecule has 0 aliphatic heterocycles. The third kappa shape index (κ3) is 6.21. The number of nitrogens with one attached hydrogen (secondary N) is 1. The molecule has 2 amide bonds. The van der Waals surface area contributed by atoms with E-state index in [0.717, 1.165) is 24.8 Å². The molecule has 1 aliphatic rings. The highest BCUT2D eigenvalue weighted by molar-refractivity contribution is 5.94. The average Bonchev–Trinajstić information content (AvgIpc) is 2.54. The highest BCUT2D eigenvalue weighted by Crippen LogP contribution is 2.29. The van der Waals surface area contributed by atoms with Crippen LogP contribution in [-0.4, -0.2) is 43.5 Å². The van der Waals surface area contributed by atoms with E-state index in [2.05, 4.69) is 5.32 Å². The van der Waals surface area contributed by atoms with Gasteiger partial charge in [0.25, 0.3) is 5.91 Å².